The van der Waals surface area contributed by atoms with E-state index in [2.05, 4.69) is 25.2 Å². The molecule has 0 bridgehead atoms. The van der Waals surface area contributed by atoms with E-state index in [1.165, 1.54) is 5.56 Å². The highest BCUT2D eigenvalue weighted by Gasteiger charge is 2.19. The van der Waals surface area contributed by atoms with Crippen LogP contribution in [0, 0.1) is 0 Å². The van der Waals surface area contributed by atoms with E-state index in [-0.39, 0.29) is 6.03 Å². The van der Waals surface area contributed by atoms with Crippen molar-refractivity contribution in [3.63, 3.8) is 0 Å². The van der Waals surface area contributed by atoms with Crippen molar-refractivity contribution in [2.24, 2.45) is 0 Å². The number of fused-ring (bicyclic) bond motifs is 1. The molecule has 0 atom stereocenters. The Labute approximate surface area is 152 Å². The van der Waals surface area contributed by atoms with Gasteiger partial charge in [-0.2, -0.15) is 0 Å². The highest BCUT2D eigenvalue weighted by Crippen LogP contribution is 2.16. The van der Waals surface area contributed by atoms with Crippen molar-refractivity contribution in [2.75, 3.05) is 31.5 Å². The molecule has 7 heteroatoms. The maximum absolute atomic E-state index is 12.6. The number of nitrogens with zero attached hydrogens (tertiary/aromatic N) is 4. The Morgan fingerprint density at radius 2 is 2.00 bits per heavy atom. The lowest BCUT2D eigenvalue weighted by atomic mass is 10.2. The van der Waals surface area contributed by atoms with Gasteiger partial charge in [-0.15, -0.1) is 0 Å². The molecule has 1 saturated heterocycles. The molecular weight excluding hydrogens is 328 g/mol. The number of pyridine rings is 1. The summed E-state index contributed by atoms with van der Waals surface area (Å²) in [5.74, 6) is 0. The highest BCUT2D eigenvalue weighted by molar-refractivity contribution is 5.91. The van der Waals surface area contributed by atoms with Crippen molar-refractivity contribution in [3.8, 4) is 0 Å². The number of aromatic amines is 1. The van der Waals surface area contributed by atoms with Crippen molar-refractivity contribution in [1.82, 2.24) is 24.8 Å². The van der Waals surface area contributed by atoms with Crippen LogP contribution >= 0.6 is 0 Å². The van der Waals surface area contributed by atoms with Crippen LogP contribution in [0.3, 0.4) is 0 Å². The number of amides is 2. The van der Waals surface area contributed by atoms with Gasteiger partial charge in [0.2, 0.25) is 0 Å². The van der Waals surface area contributed by atoms with Crippen molar-refractivity contribution in [3.05, 3.63) is 54.6 Å². The molecule has 1 aliphatic rings. The van der Waals surface area contributed by atoms with E-state index < -0.39 is 0 Å². The number of benzene rings is 1. The van der Waals surface area contributed by atoms with Crippen LogP contribution in [0.15, 0.2) is 49.1 Å². The fraction of sp³-hybridized carbons (Fsp3) is 0.316. The van der Waals surface area contributed by atoms with Crippen molar-refractivity contribution in [2.45, 2.75) is 13.0 Å². The number of H-pyrrole nitrogens is 1. The summed E-state index contributed by atoms with van der Waals surface area (Å²) in [5, 5.41) is 3.00. The molecule has 2 amide bonds. The number of rotatable bonds is 3. The highest BCUT2D eigenvalue weighted by atomic mass is 16.2. The van der Waals surface area contributed by atoms with Gasteiger partial charge in [0, 0.05) is 50.8 Å². The molecule has 1 aliphatic heterocycles. The van der Waals surface area contributed by atoms with E-state index in [4.69, 9.17) is 0 Å². The summed E-state index contributed by atoms with van der Waals surface area (Å²) in [5.41, 5.74) is 3.85. The SMILES string of the molecule is O=C(Nc1ccc2nc[nH]c2c1)N1CCCN(Cc2ccncc2)CC1. The summed E-state index contributed by atoms with van der Waals surface area (Å²) in [6.07, 6.45) is 6.27. The molecule has 0 radical (unpaired) electrons. The van der Waals surface area contributed by atoms with Crippen molar-refractivity contribution in [1.29, 1.82) is 0 Å². The first kappa shape index (κ1) is 16.5. The average molecular weight is 350 g/mol. The molecule has 0 aliphatic carbocycles. The number of anilines is 1. The standard InChI is InChI=1S/C19H22N6O/c26-19(23-16-2-3-17-18(12-16)22-14-21-17)25-9-1-8-24(10-11-25)13-15-4-6-20-7-5-15/h2-7,12,14H,1,8-11,13H2,(H,21,22)(H,23,26). The lowest BCUT2D eigenvalue weighted by Gasteiger charge is -2.22. The summed E-state index contributed by atoms with van der Waals surface area (Å²) in [6, 6.07) is 9.74. The molecule has 7 nitrogen and oxygen atoms in total. The van der Waals surface area contributed by atoms with Gasteiger partial charge in [0.05, 0.1) is 17.4 Å². The number of aromatic nitrogens is 3. The Kier molecular flexibility index (Phi) is 4.79. The van der Waals surface area contributed by atoms with Crippen LogP contribution in [-0.4, -0.2) is 57.0 Å². The predicted octanol–water partition coefficient (Wildman–Crippen LogP) is 2.70. The van der Waals surface area contributed by atoms with Crippen LogP contribution < -0.4 is 5.32 Å². The lowest BCUT2D eigenvalue weighted by molar-refractivity contribution is 0.211. The Morgan fingerprint density at radius 1 is 1.12 bits per heavy atom. The molecule has 2 N–H and O–H groups in total. The molecule has 1 fully saturated rings. The van der Waals surface area contributed by atoms with Gasteiger partial charge < -0.3 is 15.2 Å². The average Bonchev–Trinajstić information content (AvgIpc) is 3.00. The van der Waals surface area contributed by atoms with Gasteiger partial charge in [-0.05, 0) is 42.3 Å². The number of carbonyl (C=O) groups excluding carboxylic acids is 1. The largest absolute Gasteiger partial charge is 0.345 e. The van der Waals surface area contributed by atoms with Gasteiger partial charge in [0.25, 0.3) is 0 Å². The van der Waals surface area contributed by atoms with Gasteiger partial charge in [0.1, 0.15) is 0 Å². The Morgan fingerprint density at radius 3 is 2.88 bits per heavy atom. The number of imidazole rings is 1. The van der Waals surface area contributed by atoms with E-state index in [9.17, 15) is 4.79 Å². The zero-order chi connectivity index (χ0) is 17.8. The van der Waals surface area contributed by atoms with Gasteiger partial charge in [-0.1, -0.05) is 0 Å². The molecular formula is C19H22N6O. The van der Waals surface area contributed by atoms with E-state index in [1.54, 1.807) is 6.33 Å². The van der Waals surface area contributed by atoms with E-state index >= 15 is 0 Å². The molecule has 26 heavy (non-hydrogen) atoms. The van der Waals surface area contributed by atoms with Crippen LogP contribution in [0.4, 0.5) is 10.5 Å². The lowest BCUT2D eigenvalue weighted by Crippen LogP contribution is -2.38. The fourth-order valence-corrected chi connectivity index (χ4v) is 3.29. The third-order valence-electron chi connectivity index (χ3n) is 4.70. The zero-order valence-corrected chi connectivity index (χ0v) is 14.6. The van der Waals surface area contributed by atoms with Crippen LogP contribution in [-0.2, 0) is 6.54 Å². The van der Waals surface area contributed by atoms with E-state index in [0.29, 0.717) is 0 Å². The number of carbonyl (C=O) groups is 1. The molecule has 0 saturated carbocycles. The number of urea groups is 1. The first-order valence-electron chi connectivity index (χ1n) is 8.88. The summed E-state index contributed by atoms with van der Waals surface area (Å²) < 4.78 is 0. The molecule has 1 aromatic carbocycles. The third-order valence-corrected chi connectivity index (χ3v) is 4.70. The molecule has 2 aromatic heterocycles. The number of hydrogen-bond donors (Lipinski definition) is 2. The second-order valence-corrected chi connectivity index (χ2v) is 6.54. The van der Waals surface area contributed by atoms with Gasteiger partial charge >= 0.3 is 6.03 Å². The monoisotopic (exact) mass is 350 g/mol. The molecule has 3 heterocycles. The minimum Gasteiger partial charge on any atom is -0.345 e. The van der Waals surface area contributed by atoms with Gasteiger partial charge in [-0.3, -0.25) is 9.88 Å². The molecule has 0 spiro atoms. The maximum atomic E-state index is 12.6. The normalized spacial score (nSPS) is 15.8. The van der Waals surface area contributed by atoms with Crippen LogP contribution in [0.2, 0.25) is 0 Å². The second kappa shape index (κ2) is 7.53. The maximum Gasteiger partial charge on any atom is 0.321 e. The summed E-state index contributed by atoms with van der Waals surface area (Å²) in [6.45, 7) is 4.25. The van der Waals surface area contributed by atoms with E-state index in [1.807, 2.05) is 47.6 Å². The third kappa shape index (κ3) is 3.83. The minimum atomic E-state index is -0.0466. The summed E-state index contributed by atoms with van der Waals surface area (Å²) in [4.78, 5) is 28.2. The minimum absolute atomic E-state index is 0.0466. The Hall–Kier alpha value is -2.93. The van der Waals surface area contributed by atoms with Crippen LogP contribution in [0.1, 0.15) is 12.0 Å². The smallest absolute Gasteiger partial charge is 0.321 e. The van der Waals surface area contributed by atoms with Crippen LogP contribution in [0.25, 0.3) is 11.0 Å². The molecule has 134 valence electrons. The quantitative estimate of drug-likeness (QED) is 0.761. The summed E-state index contributed by atoms with van der Waals surface area (Å²) in [7, 11) is 0. The van der Waals surface area contributed by atoms with Gasteiger partial charge in [-0.25, -0.2) is 9.78 Å². The first-order chi connectivity index (χ1) is 12.8. The van der Waals surface area contributed by atoms with Gasteiger partial charge in [0.15, 0.2) is 0 Å². The topological polar surface area (TPSA) is 77.2 Å². The fourth-order valence-electron chi connectivity index (χ4n) is 3.29. The first-order valence-corrected chi connectivity index (χ1v) is 8.88. The molecule has 0 unspecified atom stereocenters. The zero-order valence-electron chi connectivity index (χ0n) is 14.6. The number of nitrogens with one attached hydrogen (secondary N) is 2. The molecule has 4 rings (SSSR count). The van der Waals surface area contributed by atoms with Crippen molar-refractivity contribution < 1.29 is 4.79 Å². The number of hydrogen-bond acceptors (Lipinski definition) is 4. The molecule has 3 aromatic rings. The Bertz CT molecular complexity index is 878. The van der Waals surface area contributed by atoms with E-state index in [0.717, 1.165) is 55.9 Å². The van der Waals surface area contributed by atoms with Crippen molar-refractivity contribution >= 4 is 22.8 Å². The second-order valence-electron chi connectivity index (χ2n) is 6.54. The summed E-state index contributed by atoms with van der Waals surface area (Å²) >= 11 is 0. The Balaban J connectivity index is 1.35. The van der Waals surface area contributed by atoms with Crippen LogP contribution in [0.5, 0.6) is 0 Å². The predicted molar refractivity (Wildman–Crippen MR) is 101 cm³/mol.